The molecule has 0 spiro atoms. The molecule has 0 bridgehead atoms. The molecule has 1 aliphatic heterocycles. The average Bonchev–Trinajstić information content (AvgIpc) is 2.83. The van der Waals surface area contributed by atoms with Crippen molar-refractivity contribution in [2.45, 2.75) is 6.18 Å². The van der Waals surface area contributed by atoms with Gasteiger partial charge in [-0.2, -0.15) is 13.2 Å². The maximum atomic E-state index is 12.8. The van der Waals surface area contributed by atoms with E-state index in [-0.39, 0.29) is 5.39 Å². The highest BCUT2D eigenvalue weighted by Gasteiger charge is 2.35. The van der Waals surface area contributed by atoms with Gasteiger partial charge in [0.1, 0.15) is 11.8 Å². The van der Waals surface area contributed by atoms with Crippen molar-refractivity contribution in [1.82, 2.24) is 5.32 Å². The molecule has 1 fully saturated rings. The molecule has 0 aliphatic carbocycles. The Hall–Kier alpha value is -1.69. The van der Waals surface area contributed by atoms with Crippen LogP contribution in [0.5, 0.6) is 0 Å². The topological polar surface area (TPSA) is 28.4 Å². The lowest BCUT2D eigenvalue weighted by Crippen LogP contribution is -2.43. The number of hydrogen-bond acceptors (Lipinski definition) is 3. The van der Waals surface area contributed by atoms with Gasteiger partial charge in [-0.25, -0.2) is 0 Å². The van der Waals surface area contributed by atoms with Crippen LogP contribution in [0.4, 0.5) is 18.9 Å². The zero-order valence-electron chi connectivity index (χ0n) is 10.1. The number of anilines is 1. The second-order valence-electron chi connectivity index (χ2n) is 4.54. The predicted octanol–water partition coefficient (Wildman–Crippen LogP) is 2.86. The van der Waals surface area contributed by atoms with Crippen molar-refractivity contribution in [3.63, 3.8) is 0 Å². The molecule has 3 rings (SSSR count). The van der Waals surface area contributed by atoms with Crippen LogP contribution in [0.25, 0.3) is 11.0 Å². The molecule has 0 saturated carbocycles. The minimum atomic E-state index is -4.38. The van der Waals surface area contributed by atoms with Crippen LogP contribution in [0.2, 0.25) is 0 Å². The van der Waals surface area contributed by atoms with Crippen molar-refractivity contribution in [3.05, 3.63) is 30.0 Å². The number of para-hydroxylation sites is 1. The Morgan fingerprint density at radius 3 is 2.58 bits per heavy atom. The number of furan rings is 1. The molecule has 0 amide bonds. The second kappa shape index (κ2) is 4.45. The first kappa shape index (κ1) is 12.3. The van der Waals surface area contributed by atoms with Gasteiger partial charge < -0.3 is 14.6 Å². The molecule has 1 aliphatic rings. The molecule has 6 heteroatoms. The fourth-order valence-electron chi connectivity index (χ4n) is 2.42. The van der Waals surface area contributed by atoms with E-state index in [9.17, 15) is 13.2 Å². The summed E-state index contributed by atoms with van der Waals surface area (Å²) in [7, 11) is 0. The summed E-state index contributed by atoms with van der Waals surface area (Å²) in [5.74, 6) is 0. The Balaban J connectivity index is 2.09. The zero-order valence-corrected chi connectivity index (χ0v) is 10.1. The van der Waals surface area contributed by atoms with E-state index in [1.807, 2.05) is 4.90 Å². The Morgan fingerprint density at radius 1 is 1.16 bits per heavy atom. The normalized spacial score (nSPS) is 17.1. The molecule has 1 aromatic heterocycles. The van der Waals surface area contributed by atoms with E-state index < -0.39 is 11.7 Å². The summed E-state index contributed by atoms with van der Waals surface area (Å²) >= 11 is 0. The average molecular weight is 270 g/mol. The fraction of sp³-hybridized carbons (Fsp3) is 0.385. The molecule has 3 nitrogen and oxygen atoms in total. The van der Waals surface area contributed by atoms with Crippen LogP contribution in [-0.2, 0) is 6.18 Å². The highest BCUT2D eigenvalue weighted by atomic mass is 19.4. The number of halogens is 3. The summed E-state index contributed by atoms with van der Waals surface area (Å²) in [5.41, 5.74) is 0.339. The van der Waals surface area contributed by atoms with Crippen LogP contribution in [0, 0.1) is 0 Å². The molecule has 1 aromatic carbocycles. The van der Waals surface area contributed by atoms with E-state index in [0.717, 1.165) is 38.1 Å². The van der Waals surface area contributed by atoms with E-state index in [2.05, 4.69) is 5.32 Å². The maximum absolute atomic E-state index is 12.8. The van der Waals surface area contributed by atoms with Crippen LogP contribution in [-0.4, -0.2) is 26.2 Å². The van der Waals surface area contributed by atoms with E-state index in [4.69, 9.17) is 4.42 Å². The number of alkyl halides is 3. The number of nitrogens with zero attached hydrogens (tertiary/aromatic N) is 1. The molecule has 102 valence electrons. The van der Waals surface area contributed by atoms with Crippen molar-refractivity contribution >= 4 is 16.7 Å². The number of piperazine rings is 1. The first-order valence-electron chi connectivity index (χ1n) is 6.10. The standard InChI is InChI=1S/C13H13F3N2O/c14-13(15,16)10-8-19-12-9(10)2-1-3-11(12)18-6-4-17-5-7-18/h1-3,8,17H,4-7H2. The lowest BCUT2D eigenvalue weighted by atomic mass is 10.1. The molecule has 1 N–H and O–H groups in total. The predicted molar refractivity (Wildman–Crippen MR) is 66.3 cm³/mol. The summed E-state index contributed by atoms with van der Waals surface area (Å²) in [5, 5.41) is 3.34. The van der Waals surface area contributed by atoms with Gasteiger partial charge in [0.05, 0.1) is 5.69 Å². The van der Waals surface area contributed by atoms with Gasteiger partial charge in [0.15, 0.2) is 5.58 Å². The van der Waals surface area contributed by atoms with Crippen LogP contribution in [0.15, 0.2) is 28.9 Å². The molecule has 0 unspecified atom stereocenters. The van der Waals surface area contributed by atoms with Crippen molar-refractivity contribution < 1.29 is 17.6 Å². The van der Waals surface area contributed by atoms with Crippen molar-refractivity contribution in [3.8, 4) is 0 Å². The highest BCUT2D eigenvalue weighted by molar-refractivity contribution is 5.92. The molecule has 2 aromatic rings. The van der Waals surface area contributed by atoms with E-state index in [0.29, 0.717) is 5.58 Å². The van der Waals surface area contributed by atoms with Crippen LogP contribution >= 0.6 is 0 Å². The lowest BCUT2D eigenvalue weighted by Gasteiger charge is -2.29. The summed E-state index contributed by atoms with van der Waals surface area (Å²) in [6.45, 7) is 3.18. The molecule has 0 atom stereocenters. The summed E-state index contributed by atoms with van der Waals surface area (Å²) in [4.78, 5) is 2.04. The number of fused-ring (bicyclic) bond motifs is 1. The van der Waals surface area contributed by atoms with Crippen molar-refractivity contribution in [2.24, 2.45) is 0 Å². The summed E-state index contributed by atoms with van der Waals surface area (Å²) in [6, 6.07) is 4.90. The van der Waals surface area contributed by atoms with Gasteiger partial charge in [-0.05, 0) is 6.07 Å². The smallest absolute Gasteiger partial charge is 0.420 e. The van der Waals surface area contributed by atoms with Crippen LogP contribution < -0.4 is 10.2 Å². The van der Waals surface area contributed by atoms with Crippen molar-refractivity contribution in [2.75, 3.05) is 31.1 Å². The van der Waals surface area contributed by atoms with Crippen LogP contribution in [0.1, 0.15) is 5.56 Å². The Morgan fingerprint density at radius 2 is 1.89 bits per heavy atom. The van der Waals surface area contributed by atoms with Gasteiger partial charge in [0.25, 0.3) is 0 Å². The molecule has 19 heavy (non-hydrogen) atoms. The minimum absolute atomic E-state index is 0.128. The molecule has 2 heterocycles. The third kappa shape index (κ3) is 2.16. The maximum Gasteiger partial charge on any atom is 0.420 e. The summed E-state index contributed by atoms with van der Waals surface area (Å²) < 4.78 is 43.7. The quantitative estimate of drug-likeness (QED) is 0.863. The van der Waals surface area contributed by atoms with E-state index in [1.54, 1.807) is 12.1 Å². The molecule has 1 saturated heterocycles. The number of rotatable bonds is 1. The van der Waals surface area contributed by atoms with Gasteiger partial charge in [0.2, 0.25) is 0 Å². The first-order chi connectivity index (χ1) is 9.07. The van der Waals surface area contributed by atoms with Crippen molar-refractivity contribution in [1.29, 1.82) is 0 Å². The Labute approximate surface area is 108 Å². The lowest BCUT2D eigenvalue weighted by molar-refractivity contribution is -0.136. The second-order valence-corrected chi connectivity index (χ2v) is 4.54. The Kier molecular flexibility index (Phi) is 2.89. The van der Waals surface area contributed by atoms with Gasteiger partial charge in [-0.15, -0.1) is 0 Å². The van der Waals surface area contributed by atoms with Gasteiger partial charge in [-0.3, -0.25) is 0 Å². The number of benzene rings is 1. The minimum Gasteiger partial charge on any atom is -0.462 e. The number of nitrogens with one attached hydrogen (secondary N) is 1. The highest BCUT2D eigenvalue weighted by Crippen LogP contribution is 2.39. The third-order valence-electron chi connectivity index (χ3n) is 3.34. The largest absolute Gasteiger partial charge is 0.462 e. The number of hydrogen-bond donors (Lipinski definition) is 1. The fourth-order valence-corrected chi connectivity index (χ4v) is 2.42. The molecular weight excluding hydrogens is 257 g/mol. The van der Waals surface area contributed by atoms with Gasteiger partial charge in [0, 0.05) is 31.6 Å². The zero-order chi connectivity index (χ0) is 13.5. The Bertz CT molecular complexity index is 585. The first-order valence-corrected chi connectivity index (χ1v) is 6.10. The van der Waals surface area contributed by atoms with Gasteiger partial charge >= 0.3 is 6.18 Å². The van der Waals surface area contributed by atoms with Crippen LogP contribution in [0.3, 0.4) is 0 Å². The van der Waals surface area contributed by atoms with E-state index in [1.165, 1.54) is 6.07 Å². The molecule has 0 radical (unpaired) electrons. The SMILES string of the molecule is FC(F)(F)c1coc2c(N3CCNCC3)cccc12. The third-order valence-corrected chi connectivity index (χ3v) is 3.34. The summed E-state index contributed by atoms with van der Waals surface area (Å²) in [6.07, 6.45) is -3.58. The van der Waals surface area contributed by atoms with Gasteiger partial charge in [-0.1, -0.05) is 12.1 Å². The molecular formula is C13H13F3N2O. The van der Waals surface area contributed by atoms with E-state index >= 15 is 0 Å². The monoisotopic (exact) mass is 270 g/mol.